The minimum atomic E-state index is -0.381. The van der Waals surface area contributed by atoms with Gasteiger partial charge in [0.2, 0.25) is 0 Å². The monoisotopic (exact) mass is 261 g/mol. The Morgan fingerprint density at radius 3 is 2.53 bits per heavy atom. The Morgan fingerprint density at radius 2 is 1.95 bits per heavy atom. The first kappa shape index (κ1) is 14.5. The van der Waals surface area contributed by atoms with Crippen LogP contribution >= 0.6 is 0 Å². The lowest BCUT2D eigenvalue weighted by molar-refractivity contribution is 0.0145. The molecule has 19 heavy (non-hydrogen) atoms. The van der Waals surface area contributed by atoms with Crippen molar-refractivity contribution in [2.24, 2.45) is 5.92 Å². The van der Waals surface area contributed by atoms with Crippen molar-refractivity contribution < 1.29 is 5.11 Å². The molecule has 1 heterocycles. The van der Waals surface area contributed by atoms with Crippen LogP contribution in [-0.4, -0.2) is 28.6 Å². The molecule has 0 radical (unpaired) electrons. The van der Waals surface area contributed by atoms with Crippen molar-refractivity contribution in [2.45, 2.75) is 58.2 Å². The van der Waals surface area contributed by atoms with Crippen LogP contribution in [0, 0.1) is 5.92 Å². The van der Waals surface area contributed by atoms with E-state index in [-0.39, 0.29) is 12.1 Å². The Kier molecular flexibility index (Phi) is 5.00. The van der Waals surface area contributed by atoms with E-state index in [1.165, 1.54) is 19.3 Å². The fourth-order valence-electron chi connectivity index (χ4n) is 3.47. The largest absolute Gasteiger partial charge is 0.387 e. The van der Waals surface area contributed by atoms with Crippen molar-refractivity contribution in [3.8, 4) is 0 Å². The van der Waals surface area contributed by atoms with Crippen molar-refractivity contribution in [2.75, 3.05) is 6.54 Å². The van der Waals surface area contributed by atoms with Crippen LogP contribution in [0.25, 0.3) is 0 Å². The minimum absolute atomic E-state index is 0.231. The van der Waals surface area contributed by atoms with Gasteiger partial charge in [0.25, 0.3) is 0 Å². The molecule has 1 aliphatic heterocycles. The zero-order valence-electron chi connectivity index (χ0n) is 12.4. The molecular formula is C17H27NO. The zero-order chi connectivity index (χ0) is 13.8. The predicted octanol–water partition coefficient (Wildman–Crippen LogP) is 3.62. The molecule has 106 valence electrons. The lowest BCUT2D eigenvalue weighted by Crippen LogP contribution is -2.45. The normalized spacial score (nSPS) is 23.7. The number of nitrogens with zero attached hydrogens (tertiary/aromatic N) is 1. The molecule has 1 N–H and O–H groups in total. The second-order valence-corrected chi connectivity index (χ2v) is 6.03. The molecule has 2 rings (SSSR count). The number of hydrogen-bond acceptors (Lipinski definition) is 2. The Balaban J connectivity index is 2.20. The maximum absolute atomic E-state index is 10.8. The topological polar surface area (TPSA) is 23.5 Å². The van der Waals surface area contributed by atoms with E-state index in [0.29, 0.717) is 12.0 Å². The highest BCUT2D eigenvalue weighted by atomic mass is 16.3. The SMILES string of the molecule is CCC1CCCN1C(C(C)C)C(O)c1ccccc1. The van der Waals surface area contributed by atoms with Crippen LogP contribution in [0.1, 0.15) is 51.7 Å². The first-order valence-corrected chi connectivity index (χ1v) is 7.64. The van der Waals surface area contributed by atoms with E-state index in [1.807, 2.05) is 30.3 Å². The van der Waals surface area contributed by atoms with Crippen LogP contribution in [-0.2, 0) is 0 Å². The summed E-state index contributed by atoms with van der Waals surface area (Å²) >= 11 is 0. The summed E-state index contributed by atoms with van der Waals surface area (Å²) in [5.41, 5.74) is 1.04. The van der Waals surface area contributed by atoms with Gasteiger partial charge in [-0.3, -0.25) is 4.90 Å². The van der Waals surface area contributed by atoms with Crippen molar-refractivity contribution in [1.29, 1.82) is 0 Å². The summed E-state index contributed by atoms with van der Waals surface area (Å²) in [6.45, 7) is 7.84. The third kappa shape index (κ3) is 3.18. The fraction of sp³-hybridized carbons (Fsp3) is 0.647. The number of aliphatic hydroxyl groups excluding tert-OH is 1. The molecule has 0 bridgehead atoms. The van der Waals surface area contributed by atoms with Gasteiger partial charge in [0.1, 0.15) is 0 Å². The third-order valence-corrected chi connectivity index (χ3v) is 4.42. The molecule has 1 saturated heterocycles. The molecule has 1 fully saturated rings. The number of likely N-dealkylation sites (tertiary alicyclic amines) is 1. The molecule has 0 saturated carbocycles. The second-order valence-electron chi connectivity index (χ2n) is 6.03. The first-order valence-electron chi connectivity index (χ1n) is 7.64. The van der Waals surface area contributed by atoms with Gasteiger partial charge in [-0.05, 0) is 37.3 Å². The molecule has 0 aromatic heterocycles. The first-order chi connectivity index (χ1) is 9.15. The van der Waals surface area contributed by atoms with E-state index in [0.717, 1.165) is 12.1 Å². The summed E-state index contributed by atoms with van der Waals surface area (Å²) in [4.78, 5) is 2.54. The Morgan fingerprint density at radius 1 is 1.26 bits per heavy atom. The molecule has 0 spiro atoms. The fourth-order valence-corrected chi connectivity index (χ4v) is 3.47. The minimum Gasteiger partial charge on any atom is -0.387 e. The Labute approximate surface area is 117 Å². The Hall–Kier alpha value is -0.860. The molecule has 2 nitrogen and oxygen atoms in total. The van der Waals surface area contributed by atoms with E-state index in [4.69, 9.17) is 0 Å². The standard InChI is InChI=1S/C17H27NO/c1-4-15-11-8-12-18(15)16(13(2)3)17(19)14-9-6-5-7-10-14/h5-7,9-10,13,15-17,19H,4,8,11-12H2,1-3H3. The van der Waals surface area contributed by atoms with Crippen LogP contribution in [0.4, 0.5) is 0 Å². The van der Waals surface area contributed by atoms with Crippen molar-refractivity contribution >= 4 is 0 Å². The molecule has 0 amide bonds. The van der Waals surface area contributed by atoms with Crippen LogP contribution in [0.15, 0.2) is 30.3 Å². The van der Waals surface area contributed by atoms with Crippen molar-refractivity contribution in [3.63, 3.8) is 0 Å². The molecule has 1 aromatic carbocycles. The quantitative estimate of drug-likeness (QED) is 0.875. The van der Waals surface area contributed by atoms with E-state index in [9.17, 15) is 5.11 Å². The van der Waals surface area contributed by atoms with E-state index in [1.54, 1.807) is 0 Å². The predicted molar refractivity (Wildman–Crippen MR) is 80.0 cm³/mol. The van der Waals surface area contributed by atoms with Gasteiger partial charge in [0.15, 0.2) is 0 Å². The van der Waals surface area contributed by atoms with Gasteiger partial charge in [-0.15, -0.1) is 0 Å². The maximum Gasteiger partial charge on any atom is 0.0947 e. The molecule has 3 atom stereocenters. The lowest BCUT2D eigenvalue weighted by Gasteiger charge is -2.38. The van der Waals surface area contributed by atoms with Gasteiger partial charge in [0, 0.05) is 12.1 Å². The zero-order valence-corrected chi connectivity index (χ0v) is 12.4. The Bertz CT molecular complexity index is 376. The van der Waals surface area contributed by atoms with E-state index < -0.39 is 0 Å². The summed E-state index contributed by atoms with van der Waals surface area (Å²) in [5, 5.41) is 10.8. The number of hydrogen-bond donors (Lipinski definition) is 1. The number of rotatable bonds is 5. The van der Waals surface area contributed by atoms with Gasteiger partial charge in [0.05, 0.1) is 6.10 Å². The second kappa shape index (κ2) is 6.53. The molecule has 0 aliphatic carbocycles. The highest BCUT2D eigenvalue weighted by Crippen LogP contribution is 2.33. The highest BCUT2D eigenvalue weighted by Gasteiger charge is 2.35. The molecular weight excluding hydrogens is 234 g/mol. The average molecular weight is 261 g/mol. The molecule has 2 heteroatoms. The summed E-state index contributed by atoms with van der Waals surface area (Å²) in [5.74, 6) is 0.461. The summed E-state index contributed by atoms with van der Waals surface area (Å²) in [6.07, 6.45) is 3.35. The molecule has 1 aromatic rings. The van der Waals surface area contributed by atoms with Crippen LogP contribution in [0.5, 0.6) is 0 Å². The van der Waals surface area contributed by atoms with Crippen LogP contribution in [0.2, 0.25) is 0 Å². The van der Waals surface area contributed by atoms with Crippen molar-refractivity contribution in [1.82, 2.24) is 4.90 Å². The van der Waals surface area contributed by atoms with Crippen LogP contribution in [0.3, 0.4) is 0 Å². The highest BCUT2D eigenvalue weighted by molar-refractivity contribution is 5.19. The van der Waals surface area contributed by atoms with Crippen LogP contribution < -0.4 is 0 Å². The summed E-state index contributed by atoms with van der Waals surface area (Å²) in [6, 6.07) is 11.0. The van der Waals surface area contributed by atoms with E-state index >= 15 is 0 Å². The van der Waals surface area contributed by atoms with Gasteiger partial charge < -0.3 is 5.11 Å². The van der Waals surface area contributed by atoms with Gasteiger partial charge in [-0.25, -0.2) is 0 Å². The van der Waals surface area contributed by atoms with Crippen molar-refractivity contribution in [3.05, 3.63) is 35.9 Å². The lowest BCUT2D eigenvalue weighted by atomic mass is 9.91. The maximum atomic E-state index is 10.8. The summed E-state index contributed by atoms with van der Waals surface area (Å²) in [7, 11) is 0. The third-order valence-electron chi connectivity index (χ3n) is 4.42. The van der Waals surface area contributed by atoms with Gasteiger partial charge in [-0.1, -0.05) is 51.1 Å². The smallest absolute Gasteiger partial charge is 0.0947 e. The van der Waals surface area contributed by atoms with Gasteiger partial charge >= 0.3 is 0 Å². The molecule has 1 aliphatic rings. The average Bonchev–Trinajstić information content (AvgIpc) is 2.87. The molecule has 3 unspecified atom stereocenters. The van der Waals surface area contributed by atoms with Gasteiger partial charge in [-0.2, -0.15) is 0 Å². The summed E-state index contributed by atoms with van der Waals surface area (Å²) < 4.78 is 0. The number of benzene rings is 1. The number of aliphatic hydroxyl groups is 1. The van der Waals surface area contributed by atoms with E-state index in [2.05, 4.69) is 25.7 Å².